The molecule has 5 rings (SSSR count). The van der Waals surface area contributed by atoms with Gasteiger partial charge in [-0.1, -0.05) is 6.07 Å². The molecule has 0 unspecified atom stereocenters. The monoisotopic (exact) mass is 541 g/mol. The van der Waals surface area contributed by atoms with E-state index in [4.69, 9.17) is 9.15 Å². The van der Waals surface area contributed by atoms with Crippen molar-refractivity contribution in [2.24, 2.45) is 0 Å². The number of nitrogens with zero attached hydrogens (tertiary/aromatic N) is 4. The van der Waals surface area contributed by atoms with Crippen molar-refractivity contribution in [1.82, 2.24) is 19.9 Å². The summed E-state index contributed by atoms with van der Waals surface area (Å²) in [5, 5.41) is 15.8. The van der Waals surface area contributed by atoms with Crippen LogP contribution in [0.1, 0.15) is 16.9 Å². The predicted octanol–water partition coefficient (Wildman–Crippen LogP) is 4.37. The topological polar surface area (TPSA) is 96.5 Å². The maximum atomic E-state index is 10.6. The zero-order valence-electron chi connectivity index (χ0n) is 18.4. The van der Waals surface area contributed by atoms with E-state index < -0.39 is 6.10 Å². The summed E-state index contributed by atoms with van der Waals surface area (Å²) in [7, 11) is 0. The number of hydrogen-bond acceptors (Lipinski definition) is 9. The molecule has 176 valence electrons. The van der Waals surface area contributed by atoms with Gasteiger partial charge in [-0.15, -0.1) is 11.3 Å². The summed E-state index contributed by atoms with van der Waals surface area (Å²) in [4.78, 5) is 16.1. The number of hydrogen-bond donors (Lipinski definition) is 2. The molecule has 1 aromatic carbocycles. The third kappa shape index (κ3) is 5.64. The van der Waals surface area contributed by atoms with E-state index in [1.165, 1.54) is 17.5 Å². The normalized spacial score (nSPS) is 14.5. The lowest BCUT2D eigenvalue weighted by molar-refractivity contribution is 0.114. The van der Waals surface area contributed by atoms with E-state index in [0.717, 1.165) is 40.3 Å². The molecule has 0 aliphatic carbocycles. The number of nitrogens with one attached hydrogen (secondary N) is 1. The molecule has 2 N–H and O–H groups in total. The van der Waals surface area contributed by atoms with Gasteiger partial charge >= 0.3 is 0 Å². The maximum Gasteiger partial charge on any atom is 0.223 e. The van der Waals surface area contributed by atoms with Crippen LogP contribution in [0.2, 0.25) is 0 Å². The van der Waals surface area contributed by atoms with Crippen LogP contribution in [0.4, 0.5) is 5.95 Å². The highest BCUT2D eigenvalue weighted by Gasteiger charge is 2.20. The highest BCUT2D eigenvalue weighted by atomic mass is 79.9. The number of benzene rings is 1. The highest BCUT2D eigenvalue weighted by Crippen LogP contribution is 2.32. The molecule has 0 amide bonds. The lowest BCUT2D eigenvalue weighted by Crippen LogP contribution is -2.39. The molecule has 8 nitrogen and oxygen atoms in total. The molecule has 4 heterocycles. The number of aliphatic hydroxyl groups is 1. The Kier molecular flexibility index (Phi) is 7.19. The number of rotatable bonds is 9. The van der Waals surface area contributed by atoms with Crippen molar-refractivity contribution in [3.05, 3.63) is 75.9 Å². The highest BCUT2D eigenvalue weighted by molar-refractivity contribution is 9.10. The summed E-state index contributed by atoms with van der Waals surface area (Å²) < 4.78 is 12.0. The van der Waals surface area contributed by atoms with Gasteiger partial charge in [0.25, 0.3) is 0 Å². The van der Waals surface area contributed by atoms with Crippen molar-refractivity contribution in [2.45, 2.75) is 25.7 Å². The lowest BCUT2D eigenvalue weighted by Gasteiger charge is -2.30. The van der Waals surface area contributed by atoms with Crippen LogP contribution in [-0.2, 0) is 19.6 Å². The number of β-amino-alcohol motifs (C(OH)–C–C–N with tert-alkyl or cyclic N) is 1. The van der Waals surface area contributed by atoms with E-state index in [1.54, 1.807) is 23.7 Å². The molecule has 10 heteroatoms. The van der Waals surface area contributed by atoms with Crippen LogP contribution in [-0.4, -0.2) is 50.7 Å². The van der Waals surface area contributed by atoms with Crippen LogP contribution in [0.3, 0.4) is 0 Å². The number of halogens is 1. The molecule has 0 spiro atoms. The molecule has 0 bridgehead atoms. The molecule has 1 aliphatic rings. The summed E-state index contributed by atoms with van der Waals surface area (Å²) in [6.07, 6.45) is 5.16. The SMILES string of the molecule is O[C@@H](CNc1nccc(-c2sccc2Br)n1)CN1CCc2cc(OCc3cnco3)ccc2C1. The fraction of sp³-hybridized carbons (Fsp3) is 0.292. The summed E-state index contributed by atoms with van der Waals surface area (Å²) in [6, 6.07) is 10.1. The minimum absolute atomic E-state index is 0.362. The molecular formula is C24H24BrN5O3S. The smallest absolute Gasteiger partial charge is 0.223 e. The zero-order chi connectivity index (χ0) is 23.3. The molecular weight excluding hydrogens is 518 g/mol. The number of aliphatic hydroxyl groups excluding tert-OH is 1. The van der Waals surface area contributed by atoms with Crippen LogP contribution >= 0.6 is 27.3 Å². The Morgan fingerprint density at radius 2 is 2.21 bits per heavy atom. The Balaban J connectivity index is 1.12. The first-order valence-corrected chi connectivity index (χ1v) is 12.6. The van der Waals surface area contributed by atoms with Crippen molar-refractivity contribution in [3.8, 4) is 16.3 Å². The van der Waals surface area contributed by atoms with Crippen molar-refractivity contribution in [3.63, 3.8) is 0 Å². The minimum atomic E-state index is -0.535. The Labute approximate surface area is 209 Å². The zero-order valence-corrected chi connectivity index (χ0v) is 20.8. The van der Waals surface area contributed by atoms with Crippen molar-refractivity contribution in [2.75, 3.05) is 25.0 Å². The van der Waals surface area contributed by atoms with Crippen LogP contribution < -0.4 is 10.1 Å². The Bertz CT molecular complexity index is 1230. The Morgan fingerprint density at radius 1 is 1.26 bits per heavy atom. The maximum absolute atomic E-state index is 10.6. The van der Waals surface area contributed by atoms with Crippen LogP contribution in [0.25, 0.3) is 10.6 Å². The molecule has 3 aromatic heterocycles. The number of ether oxygens (including phenoxy) is 1. The average molecular weight is 542 g/mol. The fourth-order valence-corrected chi connectivity index (χ4v) is 5.47. The van der Waals surface area contributed by atoms with Gasteiger partial charge in [-0.3, -0.25) is 4.90 Å². The molecule has 34 heavy (non-hydrogen) atoms. The fourth-order valence-electron chi connectivity index (χ4n) is 3.92. The van der Waals surface area contributed by atoms with Crippen LogP contribution in [0, 0.1) is 0 Å². The third-order valence-corrected chi connectivity index (χ3v) is 7.46. The molecule has 1 aliphatic heterocycles. The largest absolute Gasteiger partial charge is 0.486 e. The third-order valence-electron chi connectivity index (χ3n) is 5.60. The van der Waals surface area contributed by atoms with Gasteiger partial charge < -0.3 is 19.6 Å². The second-order valence-electron chi connectivity index (χ2n) is 8.07. The van der Waals surface area contributed by atoms with Gasteiger partial charge in [0.15, 0.2) is 12.2 Å². The first-order chi connectivity index (χ1) is 16.6. The van der Waals surface area contributed by atoms with Gasteiger partial charge in [0.1, 0.15) is 12.4 Å². The van der Waals surface area contributed by atoms with Crippen molar-refractivity contribution in [1.29, 1.82) is 0 Å². The number of aromatic nitrogens is 3. The average Bonchev–Trinajstić information content (AvgIpc) is 3.53. The standard InChI is InChI=1S/C24H24BrN5O3S/c25-21-5-8-34-23(21)22-3-6-27-24(29-22)28-10-18(31)13-30-7-4-16-9-19(2-1-17(16)12-30)32-14-20-11-26-15-33-20/h1-3,5-6,8-9,11,15,18,31H,4,7,10,12-14H2,(H,27,28,29)/t18-/m0/s1. The Morgan fingerprint density at radius 3 is 3.03 bits per heavy atom. The predicted molar refractivity (Wildman–Crippen MR) is 134 cm³/mol. The summed E-state index contributed by atoms with van der Waals surface area (Å²) in [5.41, 5.74) is 3.39. The Hall–Kier alpha value is -2.79. The molecule has 4 aromatic rings. The molecule has 1 atom stereocenters. The number of anilines is 1. The second kappa shape index (κ2) is 10.6. The van der Waals surface area contributed by atoms with Crippen LogP contribution in [0.15, 0.2) is 63.4 Å². The lowest BCUT2D eigenvalue weighted by atomic mass is 9.99. The van der Waals surface area contributed by atoms with Gasteiger partial charge in [0.2, 0.25) is 5.95 Å². The van der Waals surface area contributed by atoms with E-state index in [-0.39, 0.29) is 0 Å². The quantitative estimate of drug-likeness (QED) is 0.322. The van der Waals surface area contributed by atoms with E-state index >= 15 is 0 Å². The van der Waals surface area contributed by atoms with Gasteiger partial charge in [0, 0.05) is 36.8 Å². The van der Waals surface area contributed by atoms with Crippen molar-refractivity contribution < 1.29 is 14.3 Å². The number of fused-ring (bicyclic) bond motifs is 1. The summed E-state index contributed by atoms with van der Waals surface area (Å²) in [6.45, 7) is 3.00. The molecule has 0 saturated heterocycles. The minimum Gasteiger partial charge on any atom is -0.486 e. The summed E-state index contributed by atoms with van der Waals surface area (Å²) >= 11 is 5.17. The van der Waals surface area contributed by atoms with E-state index in [1.807, 2.05) is 23.6 Å². The first kappa shape index (κ1) is 23.0. The molecule has 0 fully saturated rings. The number of thiophene rings is 1. The van der Waals surface area contributed by atoms with Crippen LogP contribution in [0.5, 0.6) is 5.75 Å². The van der Waals surface area contributed by atoms with Crippen molar-refractivity contribution >= 4 is 33.2 Å². The number of oxazole rings is 1. The van der Waals surface area contributed by atoms with E-state index in [9.17, 15) is 5.11 Å². The van der Waals surface area contributed by atoms with Gasteiger partial charge in [-0.2, -0.15) is 0 Å². The molecule has 0 saturated carbocycles. The van der Waals surface area contributed by atoms with E-state index in [2.05, 4.69) is 53.2 Å². The van der Waals surface area contributed by atoms with Gasteiger partial charge in [-0.25, -0.2) is 15.0 Å². The van der Waals surface area contributed by atoms with Gasteiger partial charge in [0.05, 0.1) is 22.9 Å². The van der Waals surface area contributed by atoms with E-state index in [0.29, 0.717) is 31.4 Å². The first-order valence-electron chi connectivity index (χ1n) is 11.0. The second-order valence-corrected chi connectivity index (χ2v) is 9.84. The van der Waals surface area contributed by atoms with Gasteiger partial charge in [-0.05, 0) is 63.1 Å². The molecule has 0 radical (unpaired) electrons. The summed E-state index contributed by atoms with van der Waals surface area (Å²) in [5.74, 6) is 2.03.